The minimum Gasteiger partial charge on any atom is -0.477 e. The molecule has 2 aliphatic rings. The summed E-state index contributed by atoms with van der Waals surface area (Å²) in [5.74, 6) is 4.32. The first-order chi connectivity index (χ1) is 17.1. The molecule has 0 spiro atoms. The normalized spacial score (nSPS) is 19.6. The highest BCUT2D eigenvalue weighted by Crippen LogP contribution is 2.41. The van der Waals surface area contributed by atoms with Gasteiger partial charge in [-0.15, -0.1) is 27.8 Å². The van der Waals surface area contributed by atoms with Crippen LogP contribution in [-0.2, 0) is 19.2 Å². The molecule has 0 saturated carbocycles. The second kappa shape index (κ2) is 10.2. The smallest absolute Gasteiger partial charge is 0.384 e. The standard InChI is InChI=1S/C19H21N9O5S3/c1-7-3-27(22)19(25-13(7)20)36-5-8-4-34-16-11(15(30)28(16)12(8)17(31)32)24-14(29)10(26-33-2)9-6-35-18(21)23-9/h3,6,11,16,20H,4-5,22H2,1-2H3,(H4,21,23,24,29,31,32)/p+1/b26-10-/t11?,16-/m1/s1. The molecule has 17 heteroatoms. The third-order valence-electron chi connectivity index (χ3n) is 5.25. The number of carbonyl (C=O) groups is 3. The number of nitrogens with two attached hydrogens (primary N) is 3. The van der Waals surface area contributed by atoms with E-state index in [2.05, 4.69) is 20.4 Å². The van der Waals surface area contributed by atoms with E-state index < -0.39 is 29.2 Å². The quantitative estimate of drug-likeness (QED) is 0.0501. The van der Waals surface area contributed by atoms with Crippen LogP contribution in [0.1, 0.15) is 11.3 Å². The molecule has 14 nitrogen and oxygen atoms in total. The molecule has 2 aliphatic heterocycles. The Bertz CT molecular complexity index is 1310. The number of hydrogen-bond donors (Lipinski definition) is 5. The monoisotopic (exact) mass is 552 g/mol. The van der Waals surface area contributed by atoms with E-state index in [1.165, 1.54) is 45.6 Å². The molecule has 36 heavy (non-hydrogen) atoms. The lowest BCUT2D eigenvalue weighted by molar-refractivity contribution is -0.682. The maximum absolute atomic E-state index is 13.0. The van der Waals surface area contributed by atoms with Crippen molar-refractivity contribution >= 4 is 69.3 Å². The van der Waals surface area contributed by atoms with Gasteiger partial charge in [0.25, 0.3) is 11.8 Å². The number of aliphatic carboxylic acids is 1. The number of thiazole rings is 1. The highest BCUT2D eigenvalue weighted by Gasteiger charge is 2.54. The molecule has 1 saturated heterocycles. The summed E-state index contributed by atoms with van der Waals surface area (Å²) in [6.07, 6.45) is 1.62. The first kappa shape index (κ1) is 25.5. The van der Waals surface area contributed by atoms with Gasteiger partial charge in [-0.1, -0.05) is 5.16 Å². The second-order valence-electron chi connectivity index (χ2n) is 7.60. The number of amides is 2. The molecule has 0 aliphatic carbocycles. The van der Waals surface area contributed by atoms with Gasteiger partial charge in [0.1, 0.15) is 36.1 Å². The number of oxime groups is 1. The number of fused-ring (bicyclic) bond motifs is 1. The number of aryl methyl sites for hydroxylation is 1. The summed E-state index contributed by atoms with van der Waals surface area (Å²) in [6.45, 7) is 1.77. The topological polar surface area (TPSA) is 216 Å². The van der Waals surface area contributed by atoms with E-state index in [1.54, 1.807) is 13.1 Å². The van der Waals surface area contributed by atoms with E-state index in [1.807, 2.05) is 0 Å². The largest absolute Gasteiger partial charge is 0.477 e. The van der Waals surface area contributed by atoms with E-state index in [9.17, 15) is 19.5 Å². The molecule has 4 rings (SSSR count). The van der Waals surface area contributed by atoms with Crippen molar-refractivity contribution in [2.75, 3.05) is 35.9 Å². The van der Waals surface area contributed by atoms with Crippen molar-refractivity contribution in [2.45, 2.75) is 23.5 Å². The zero-order chi connectivity index (χ0) is 26.1. The average Bonchev–Trinajstić information content (AvgIpc) is 3.27. The Hall–Kier alpha value is -3.57. The van der Waals surface area contributed by atoms with Gasteiger partial charge in [-0.25, -0.2) is 9.78 Å². The Morgan fingerprint density at radius 3 is 2.81 bits per heavy atom. The Morgan fingerprint density at radius 2 is 2.17 bits per heavy atom. The van der Waals surface area contributed by atoms with Crippen molar-refractivity contribution < 1.29 is 29.0 Å². The van der Waals surface area contributed by atoms with E-state index in [4.69, 9.17) is 22.1 Å². The van der Waals surface area contributed by atoms with Crippen molar-refractivity contribution in [1.82, 2.24) is 20.2 Å². The predicted molar refractivity (Wildman–Crippen MR) is 134 cm³/mol. The molecule has 1 unspecified atom stereocenters. The van der Waals surface area contributed by atoms with Gasteiger partial charge in [-0.05, 0) is 29.2 Å². The molecular weight excluding hydrogens is 530 g/mol. The minimum atomic E-state index is -1.24. The van der Waals surface area contributed by atoms with Crippen LogP contribution in [0.2, 0.25) is 0 Å². The number of nitrogens with one attached hydrogen (secondary N) is 1. The van der Waals surface area contributed by atoms with Gasteiger partial charge >= 0.3 is 11.1 Å². The molecule has 8 N–H and O–H groups in total. The number of carboxylic acid groups (broad SMARTS) is 1. The first-order valence-electron chi connectivity index (χ1n) is 10.2. The third kappa shape index (κ3) is 4.76. The Balaban J connectivity index is 1.50. The highest BCUT2D eigenvalue weighted by atomic mass is 32.2. The molecule has 190 valence electrons. The molecule has 0 radical (unpaired) electrons. The van der Waals surface area contributed by atoms with Gasteiger partial charge < -0.3 is 26.7 Å². The Kier molecular flexibility index (Phi) is 7.23. The molecule has 2 aromatic rings. The van der Waals surface area contributed by atoms with Crippen LogP contribution in [0.25, 0.3) is 0 Å². The van der Waals surface area contributed by atoms with Gasteiger partial charge in [0.2, 0.25) is 5.82 Å². The number of carbonyl (C=O) groups excluding carboxylic acids is 2. The van der Waals surface area contributed by atoms with Crippen LogP contribution in [0, 0.1) is 6.92 Å². The van der Waals surface area contributed by atoms with Gasteiger partial charge in [0, 0.05) is 16.9 Å². The summed E-state index contributed by atoms with van der Waals surface area (Å²) in [7, 11) is 1.27. The number of nitrogens with zero attached hydrogens (tertiary/aromatic N) is 5. The maximum atomic E-state index is 13.0. The zero-order valence-corrected chi connectivity index (χ0v) is 21.4. The number of aromatic nitrogens is 3. The van der Waals surface area contributed by atoms with Crippen molar-refractivity contribution in [3.63, 3.8) is 0 Å². The average molecular weight is 553 g/mol. The van der Waals surface area contributed by atoms with E-state index in [-0.39, 0.29) is 28.0 Å². The van der Waals surface area contributed by atoms with Crippen LogP contribution < -0.4 is 27.3 Å². The molecule has 0 aromatic carbocycles. The van der Waals surface area contributed by atoms with Crippen molar-refractivity contribution in [1.29, 1.82) is 0 Å². The number of nitrogen functional groups attached to an aromatic ring is 3. The number of thioether (sulfide) groups is 2. The lowest BCUT2D eigenvalue weighted by atomic mass is 10.0. The van der Waals surface area contributed by atoms with Gasteiger partial charge in [-0.2, -0.15) is 0 Å². The zero-order valence-electron chi connectivity index (χ0n) is 19.0. The molecular formula is C19H22N9O5S3+. The summed E-state index contributed by atoms with van der Waals surface area (Å²) in [5, 5.41) is 17.8. The third-order valence-corrected chi connectivity index (χ3v) is 8.31. The van der Waals surface area contributed by atoms with Crippen molar-refractivity contribution in [2.24, 2.45) is 5.16 Å². The number of carboxylic acids is 1. The molecule has 0 bridgehead atoms. The molecule has 2 amide bonds. The van der Waals surface area contributed by atoms with E-state index in [0.29, 0.717) is 27.9 Å². The summed E-state index contributed by atoms with van der Waals surface area (Å²) < 4.78 is 1.31. The SMILES string of the molecule is CO/N=C(\C(=O)NC1C(=O)N2C(C(=O)O)=C(CSc3nc(N)c(C)c[n+]3N)CS[C@H]12)c1csc(N)n1. The van der Waals surface area contributed by atoms with Crippen molar-refractivity contribution in [3.05, 3.63) is 34.1 Å². The Labute approximate surface area is 216 Å². The van der Waals surface area contributed by atoms with Crippen LogP contribution >= 0.6 is 34.9 Å². The van der Waals surface area contributed by atoms with E-state index >= 15 is 0 Å². The Morgan fingerprint density at radius 1 is 1.42 bits per heavy atom. The number of hydrogen-bond acceptors (Lipinski definition) is 13. The fraction of sp³-hybridized carbons (Fsp3) is 0.316. The number of rotatable bonds is 8. The fourth-order valence-electron chi connectivity index (χ4n) is 3.53. The predicted octanol–water partition coefficient (Wildman–Crippen LogP) is -1.11. The molecule has 4 heterocycles. The number of anilines is 2. The lowest BCUT2D eigenvalue weighted by Gasteiger charge is -2.49. The van der Waals surface area contributed by atoms with Gasteiger partial charge in [-0.3, -0.25) is 20.3 Å². The van der Waals surface area contributed by atoms with Gasteiger partial charge in [0.05, 0.1) is 5.56 Å². The summed E-state index contributed by atoms with van der Waals surface area (Å²) in [5.41, 5.74) is 12.7. The van der Waals surface area contributed by atoms with Crippen LogP contribution in [0.5, 0.6) is 0 Å². The fourth-order valence-corrected chi connectivity index (χ4v) is 6.46. The van der Waals surface area contributed by atoms with Gasteiger partial charge in [0.15, 0.2) is 10.8 Å². The van der Waals surface area contributed by atoms with Crippen LogP contribution in [0.4, 0.5) is 10.9 Å². The van der Waals surface area contributed by atoms with Crippen LogP contribution in [0.3, 0.4) is 0 Å². The molecule has 1 fully saturated rings. The molecule has 2 aromatic heterocycles. The van der Waals surface area contributed by atoms with Crippen LogP contribution in [-0.4, -0.2) is 73.5 Å². The lowest BCUT2D eigenvalue weighted by Crippen LogP contribution is -2.71. The summed E-state index contributed by atoms with van der Waals surface area (Å²) >= 11 is 3.66. The van der Waals surface area contributed by atoms with Crippen LogP contribution in [0.15, 0.2) is 33.2 Å². The minimum absolute atomic E-state index is 0.122. The summed E-state index contributed by atoms with van der Waals surface area (Å²) in [4.78, 5) is 52.1. The molecule has 2 atom stereocenters. The van der Waals surface area contributed by atoms with E-state index in [0.717, 1.165) is 11.3 Å². The summed E-state index contributed by atoms with van der Waals surface area (Å²) in [6, 6.07) is -0.950. The first-order valence-corrected chi connectivity index (χ1v) is 13.1. The van der Waals surface area contributed by atoms with Crippen molar-refractivity contribution in [3.8, 4) is 0 Å². The number of β-lactam (4-membered cyclic amide) rings is 1. The second-order valence-corrected chi connectivity index (χ2v) is 10.5. The highest BCUT2D eigenvalue weighted by molar-refractivity contribution is 8.01. The maximum Gasteiger partial charge on any atom is 0.384 e.